The maximum Gasteiger partial charge on any atom is 0.257 e. The van der Waals surface area contributed by atoms with Crippen molar-refractivity contribution in [1.82, 2.24) is 4.98 Å². The Morgan fingerprint density at radius 2 is 2.05 bits per heavy atom. The number of hydrogen-bond acceptors (Lipinski definition) is 4. The maximum absolute atomic E-state index is 12.1. The first-order valence-corrected chi connectivity index (χ1v) is 7.23. The van der Waals surface area contributed by atoms with Gasteiger partial charge in [-0.25, -0.2) is 10.8 Å². The monoisotopic (exact) mass is 422 g/mol. The summed E-state index contributed by atoms with van der Waals surface area (Å²) >= 11 is 13.9. The summed E-state index contributed by atoms with van der Waals surface area (Å²) in [5.41, 5.74) is 3.33. The zero-order valence-electron chi connectivity index (χ0n) is 9.95. The molecule has 0 unspecified atom stereocenters. The molecule has 1 amide bonds. The number of hydrazine groups is 1. The normalized spacial score (nSPS) is 10.2. The van der Waals surface area contributed by atoms with E-state index in [0.717, 1.165) is 3.57 Å². The summed E-state index contributed by atoms with van der Waals surface area (Å²) in [6.07, 6.45) is 1.39. The minimum absolute atomic E-state index is 0.269. The van der Waals surface area contributed by atoms with Gasteiger partial charge in [-0.3, -0.25) is 4.79 Å². The van der Waals surface area contributed by atoms with Gasteiger partial charge in [0, 0.05) is 14.8 Å². The predicted octanol–water partition coefficient (Wildman–Crippen LogP) is 3.53. The molecular formula is C12H9Cl2IN4O. The zero-order valence-corrected chi connectivity index (χ0v) is 13.6. The fourth-order valence-corrected chi connectivity index (χ4v) is 2.68. The fourth-order valence-electron chi connectivity index (χ4n) is 1.45. The van der Waals surface area contributed by atoms with Crippen molar-refractivity contribution in [1.29, 1.82) is 0 Å². The number of amides is 1. The zero-order chi connectivity index (χ0) is 14.7. The Bertz CT molecular complexity index is 666. The Morgan fingerprint density at radius 1 is 1.30 bits per heavy atom. The first-order valence-electron chi connectivity index (χ1n) is 5.40. The molecule has 0 saturated carbocycles. The number of carbonyl (C=O) groups is 1. The maximum atomic E-state index is 12.1. The number of nitrogens with two attached hydrogens (primary N) is 1. The molecule has 0 spiro atoms. The van der Waals surface area contributed by atoms with Crippen molar-refractivity contribution in [3.05, 3.63) is 49.6 Å². The molecule has 0 aliphatic rings. The molecule has 104 valence electrons. The molecule has 2 rings (SSSR count). The van der Waals surface area contributed by atoms with Crippen LogP contribution < -0.4 is 16.6 Å². The molecule has 1 aromatic carbocycles. The predicted molar refractivity (Wildman–Crippen MR) is 89.2 cm³/mol. The molecule has 0 radical (unpaired) electrons. The fraction of sp³-hybridized carbons (Fsp3) is 0. The van der Waals surface area contributed by atoms with Gasteiger partial charge in [0.2, 0.25) is 0 Å². The van der Waals surface area contributed by atoms with Crippen LogP contribution in [0.2, 0.25) is 10.0 Å². The van der Waals surface area contributed by atoms with Crippen LogP contribution in [0.4, 0.5) is 11.5 Å². The second-order valence-electron chi connectivity index (χ2n) is 3.78. The summed E-state index contributed by atoms with van der Waals surface area (Å²) in [6.45, 7) is 0. The third-order valence-electron chi connectivity index (χ3n) is 2.42. The summed E-state index contributed by atoms with van der Waals surface area (Å²) in [7, 11) is 0. The van der Waals surface area contributed by atoms with E-state index in [0.29, 0.717) is 22.1 Å². The quantitative estimate of drug-likeness (QED) is 0.401. The van der Waals surface area contributed by atoms with Crippen molar-refractivity contribution >= 4 is 63.2 Å². The van der Waals surface area contributed by atoms with Gasteiger partial charge in [-0.2, -0.15) is 0 Å². The molecule has 0 fully saturated rings. The van der Waals surface area contributed by atoms with Crippen LogP contribution in [0.3, 0.4) is 0 Å². The highest BCUT2D eigenvalue weighted by atomic mass is 127. The molecule has 0 atom stereocenters. The lowest BCUT2D eigenvalue weighted by atomic mass is 10.2. The van der Waals surface area contributed by atoms with Crippen molar-refractivity contribution in [3.63, 3.8) is 0 Å². The van der Waals surface area contributed by atoms with Gasteiger partial charge in [-0.15, -0.1) is 0 Å². The summed E-state index contributed by atoms with van der Waals surface area (Å²) in [4.78, 5) is 16.0. The average Bonchev–Trinajstić information content (AvgIpc) is 2.41. The number of nitrogens with zero attached hydrogens (tertiary/aromatic N) is 1. The van der Waals surface area contributed by atoms with E-state index in [1.54, 1.807) is 18.2 Å². The van der Waals surface area contributed by atoms with Crippen molar-refractivity contribution in [2.45, 2.75) is 0 Å². The molecule has 8 heteroatoms. The number of benzene rings is 1. The van der Waals surface area contributed by atoms with Crippen LogP contribution in [0.5, 0.6) is 0 Å². The van der Waals surface area contributed by atoms with Gasteiger partial charge in [0.05, 0.1) is 16.3 Å². The number of hydrogen-bond donors (Lipinski definition) is 3. The van der Waals surface area contributed by atoms with E-state index in [4.69, 9.17) is 29.0 Å². The smallest absolute Gasteiger partial charge is 0.257 e. The summed E-state index contributed by atoms with van der Waals surface area (Å²) < 4.78 is 0.836. The lowest BCUT2D eigenvalue weighted by Crippen LogP contribution is -2.14. The first-order chi connectivity index (χ1) is 9.51. The number of aromatic nitrogens is 1. The molecule has 0 saturated heterocycles. The van der Waals surface area contributed by atoms with E-state index >= 15 is 0 Å². The van der Waals surface area contributed by atoms with E-state index in [1.165, 1.54) is 12.3 Å². The molecule has 0 aliphatic heterocycles. The van der Waals surface area contributed by atoms with E-state index in [-0.39, 0.29) is 10.9 Å². The van der Waals surface area contributed by atoms with Crippen LogP contribution in [0, 0.1) is 3.57 Å². The molecule has 0 aliphatic carbocycles. The Kier molecular flexibility index (Phi) is 5.03. The van der Waals surface area contributed by atoms with Crippen LogP contribution in [0.1, 0.15) is 10.4 Å². The van der Waals surface area contributed by atoms with Gasteiger partial charge in [-0.1, -0.05) is 23.2 Å². The lowest BCUT2D eigenvalue weighted by molar-refractivity contribution is 0.102. The third-order valence-corrected chi connectivity index (χ3v) is 3.84. The van der Waals surface area contributed by atoms with Gasteiger partial charge in [0.25, 0.3) is 5.91 Å². The minimum Gasteiger partial charge on any atom is -0.321 e. The molecule has 1 aromatic heterocycles. The van der Waals surface area contributed by atoms with Gasteiger partial charge in [0.15, 0.2) is 5.82 Å². The van der Waals surface area contributed by atoms with Crippen LogP contribution in [0.15, 0.2) is 30.5 Å². The highest BCUT2D eigenvalue weighted by molar-refractivity contribution is 14.1. The number of nitrogen functional groups attached to an aromatic ring is 1. The number of carbonyl (C=O) groups excluding carboxylic acids is 1. The summed E-state index contributed by atoms with van der Waals surface area (Å²) in [6, 6.07) is 6.67. The number of anilines is 2. The van der Waals surface area contributed by atoms with Crippen molar-refractivity contribution in [2.24, 2.45) is 5.84 Å². The Hall–Kier alpha value is -1.09. The van der Waals surface area contributed by atoms with Crippen LogP contribution in [0.25, 0.3) is 0 Å². The Balaban J connectivity index is 2.21. The van der Waals surface area contributed by atoms with E-state index in [2.05, 4.69) is 38.3 Å². The summed E-state index contributed by atoms with van der Waals surface area (Å²) in [5.74, 6) is 5.22. The molecule has 4 N–H and O–H groups in total. The minimum atomic E-state index is -0.316. The van der Waals surface area contributed by atoms with Crippen LogP contribution >= 0.6 is 45.8 Å². The molecule has 0 bridgehead atoms. The number of nitrogens with one attached hydrogen (secondary N) is 2. The highest BCUT2D eigenvalue weighted by Gasteiger charge is 2.11. The molecular weight excluding hydrogens is 414 g/mol. The van der Waals surface area contributed by atoms with Crippen molar-refractivity contribution < 1.29 is 4.79 Å². The Morgan fingerprint density at radius 3 is 2.65 bits per heavy atom. The standard InChI is InChI=1S/C12H9Cl2IN4O/c13-7-1-2-10(9(15)4-7)18-12(20)6-3-8(14)11(19-16)17-5-6/h1-5H,16H2,(H,17,19)(H,18,20). The van der Waals surface area contributed by atoms with E-state index < -0.39 is 0 Å². The van der Waals surface area contributed by atoms with E-state index in [9.17, 15) is 4.79 Å². The number of halogens is 3. The highest BCUT2D eigenvalue weighted by Crippen LogP contribution is 2.24. The average molecular weight is 423 g/mol. The van der Waals surface area contributed by atoms with Gasteiger partial charge in [-0.05, 0) is 46.9 Å². The topological polar surface area (TPSA) is 80.0 Å². The lowest BCUT2D eigenvalue weighted by Gasteiger charge is -2.09. The van der Waals surface area contributed by atoms with Gasteiger partial charge < -0.3 is 10.7 Å². The van der Waals surface area contributed by atoms with Crippen molar-refractivity contribution in [2.75, 3.05) is 10.7 Å². The molecule has 1 heterocycles. The van der Waals surface area contributed by atoms with Gasteiger partial charge >= 0.3 is 0 Å². The van der Waals surface area contributed by atoms with Crippen LogP contribution in [-0.2, 0) is 0 Å². The number of rotatable bonds is 3. The summed E-state index contributed by atoms with van der Waals surface area (Å²) in [5, 5.41) is 3.64. The van der Waals surface area contributed by atoms with Crippen molar-refractivity contribution in [3.8, 4) is 0 Å². The molecule has 20 heavy (non-hydrogen) atoms. The van der Waals surface area contributed by atoms with Crippen LogP contribution in [-0.4, -0.2) is 10.9 Å². The van der Waals surface area contributed by atoms with E-state index in [1.807, 2.05) is 0 Å². The third kappa shape index (κ3) is 3.51. The van der Waals surface area contributed by atoms with Gasteiger partial charge in [0.1, 0.15) is 0 Å². The number of pyridine rings is 1. The second kappa shape index (κ2) is 6.57. The Labute approximate surface area is 139 Å². The molecule has 5 nitrogen and oxygen atoms in total. The largest absolute Gasteiger partial charge is 0.321 e. The first kappa shape index (κ1) is 15.3. The molecule has 2 aromatic rings. The SMILES string of the molecule is NNc1ncc(C(=O)Nc2ccc(Cl)cc2I)cc1Cl. The second-order valence-corrected chi connectivity index (χ2v) is 5.78.